The van der Waals surface area contributed by atoms with Crippen LogP contribution in [0.1, 0.15) is 27.7 Å². The summed E-state index contributed by atoms with van der Waals surface area (Å²) in [5, 5.41) is 144. The molecule has 312 valence electrons. The van der Waals surface area contributed by atoms with E-state index in [-0.39, 0.29) is 0 Å². The average Bonchev–Trinajstić information content (AvgIpc) is 3.14. The van der Waals surface area contributed by atoms with Crippen LogP contribution >= 0.6 is 0 Å². The molecule has 55 heavy (non-hydrogen) atoms. The van der Waals surface area contributed by atoms with Gasteiger partial charge in [-0.2, -0.15) is 10.5 Å². The molecule has 22 atom stereocenters. The molecule has 0 aromatic heterocycles. The first kappa shape index (κ1) is 43.9. The Bertz CT molecular complexity index is 1410. The molecule has 0 amide bonds. The third kappa shape index (κ3) is 8.12. The number of nitriles is 2. The Kier molecular flexibility index (Phi) is 13.6. The van der Waals surface area contributed by atoms with Crippen LogP contribution in [0.4, 0.5) is 0 Å². The highest BCUT2D eigenvalue weighted by molar-refractivity contribution is 5.09. The van der Waals surface area contributed by atoms with Gasteiger partial charge in [0.1, 0.15) is 110 Å². The molecule has 0 saturated carbocycles. The van der Waals surface area contributed by atoms with Gasteiger partial charge in [-0.3, -0.25) is 0 Å². The molecule has 0 aromatic carbocycles. The quantitative estimate of drug-likeness (QED) is 0.0910. The van der Waals surface area contributed by atoms with E-state index in [9.17, 15) is 71.6 Å². The highest BCUT2D eigenvalue weighted by Gasteiger charge is 2.60. The molecule has 11 N–H and O–H groups in total. The van der Waals surface area contributed by atoms with Gasteiger partial charge in [0.15, 0.2) is 18.7 Å². The molecule has 11 saturated heterocycles. The SMILES string of the molecule is CC1(C)OC2C(O)C(O)C(OC3C(CO)OC(C(O)C3O)C(C)(C)OC3C(O)C(O)C(OC4C(CO)OC1C(O)C4O)OC3C(C#N)N=O)OC2C(O)C#N. The molecule has 11 rings (SSSR count). The van der Waals surface area contributed by atoms with Gasteiger partial charge in [-0.15, -0.1) is 4.91 Å². The molecular formula is C32H49N3O20. The van der Waals surface area contributed by atoms with Gasteiger partial charge < -0.3 is 94.1 Å². The topological polar surface area (TPSA) is 373 Å². The maximum atomic E-state index is 11.8. The summed E-state index contributed by atoms with van der Waals surface area (Å²) in [5.74, 6) is 0. The van der Waals surface area contributed by atoms with Crippen molar-refractivity contribution in [3.8, 4) is 12.1 Å². The van der Waals surface area contributed by atoms with Gasteiger partial charge in [0, 0.05) is 0 Å². The van der Waals surface area contributed by atoms with E-state index in [2.05, 4.69) is 5.18 Å². The van der Waals surface area contributed by atoms with E-state index in [0.717, 1.165) is 0 Å². The van der Waals surface area contributed by atoms with Crippen molar-refractivity contribution in [1.82, 2.24) is 0 Å². The monoisotopic (exact) mass is 795 g/mol. The van der Waals surface area contributed by atoms with E-state index in [1.165, 1.54) is 33.8 Å². The second-order valence-corrected chi connectivity index (χ2v) is 15.2. The number of hydrogen-bond acceptors (Lipinski definition) is 23. The van der Waals surface area contributed by atoms with Crippen LogP contribution in [0.2, 0.25) is 0 Å². The van der Waals surface area contributed by atoms with Crippen LogP contribution in [-0.4, -0.2) is 215 Å². The molecule has 11 fully saturated rings. The lowest BCUT2D eigenvalue weighted by atomic mass is 9.85. The normalized spacial score (nSPS) is 49.8. The smallest absolute Gasteiger partial charge is 0.206 e. The third-order valence-corrected chi connectivity index (χ3v) is 10.7. The van der Waals surface area contributed by atoms with Crippen LogP contribution in [-0.2, 0) is 37.9 Å². The number of ether oxygens (including phenoxy) is 8. The van der Waals surface area contributed by atoms with Crippen LogP contribution in [0, 0.1) is 27.6 Å². The van der Waals surface area contributed by atoms with E-state index in [4.69, 9.17) is 37.9 Å². The molecule has 11 heterocycles. The van der Waals surface area contributed by atoms with Crippen molar-refractivity contribution in [1.29, 1.82) is 10.5 Å². The van der Waals surface area contributed by atoms with Crippen LogP contribution in [0.15, 0.2) is 5.18 Å². The standard InChI is InChI=1S/C32H49N3O20/c1-31(2)27-17(43)14(40)24(12(8-37)48-27)53-30-20(46)16(42)26(22(51-30)10(38)6-34)55-32(3,4)28-18(44)13(39)23(11(7-36)49-28)52-29-19(45)15(41)25(54-31)21(50-29)9(5-33)35-47/h9-30,36-46H,7-8H2,1-4H3. The number of aliphatic hydroxyl groups is 11. The Hall–Kier alpha value is -2.18. The lowest BCUT2D eigenvalue weighted by Gasteiger charge is -2.53. The number of nitrogens with zero attached hydrogens (tertiary/aromatic N) is 3. The summed E-state index contributed by atoms with van der Waals surface area (Å²) in [6.45, 7) is 3.34. The molecule has 11 aliphatic rings. The fourth-order valence-electron chi connectivity index (χ4n) is 7.77. The second-order valence-electron chi connectivity index (χ2n) is 15.2. The fraction of sp³-hybridized carbons (Fsp3) is 0.938. The van der Waals surface area contributed by atoms with Crippen molar-refractivity contribution in [3.63, 3.8) is 0 Å². The van der Waals surface area contributed by atoms with Gasteiger partial charge in [0.05, 0.1) is 36.6 Å². The van der Waals surface area contributed by atoms with Crippen molar-refractivity contribution >= 4 is 0 Å². The molecule has 0 spiro atoms. The first-order chi connectivity index (χ1) is 25.8. The molecule has 0 radical (unpaired) electrons. The van der Waals surface area contributed by atoms with Gasteiger partial charge in [0.25, 0.3) is 0 Å². The van der Waals surface area contributed by atoms with Crippen molar-refractivity contribution in [2.75, 3.05) is 13.2 Å². The lowest BCUT2D eigenvalue weighted by Crippen LogP contribution is -2.71. The van der Waals surface area contributed by atoms with Crippen molar-refractivity contribution in [2.24, 2.45) is 5.18 Å². The van der Waals surface area contributed by atoms with Gasteiger partial charge in [0.2, 0.25) is 6.04 Å². The molecule has 23 nitrogen and oxygen atoms in total. The van der Waals surface area contributed by atoms with E-state index < -0.39 is 159 Å². The summed E-state index contributed by atoms with van der Waals surface area (Å²) >= 11 is 0. The summed E-state index contributed by atoms with van der Waals surface area (Å²) in [6, 6.07) is 1.17. The number of aliphatic hydroxyl groups excluding tert-OH is 11. The van der Waals surface area contributed by atoms with Gasteiger partial charge in [-0.1, -0.05) is 0 Å². The number of hydrogen-bond donors (Lipinski definition) is 11. The van der Waals surface area contributed by atoms with Crippen molar-refractivity contribution in [3.05, 3.63) is 4.91 Å². The zero-order chi connectivity index (χ0) is 40.9. The summed E-state index contributed by atoms with van der Waals surface area (Å²) in [4.78, 5) is 11.8. The first-order valence-corrected chi connectivity index (χ1v) is 17.5. The minimum absolute atomic E-state index is 0.913. The van der Waals surface area contributed by atoms with Crippen LogP contribution in [0.3, 0.4) is 0 Å². The predicted molar refractivity (Wildman–Crippen MR) is 171 cm³/mol. The number of rotatable bonds is 5. The summed E-state index contributed by atoms with van der Waals surface area (Å²) in [7, 11) is 0. The summed E-state index contributed by atoms with van der Waals surface area (Å²) in [6.07, 6.45) is -39.5. The second kappa shape index (κ2) is 17.0. The molecule has 0 aromatic rings. The Labute approximate surface area is 313 Å². The Morgan fingerprint density at radius 1 is 0.564 bits per heavy atom. The highest BCUT2D eigenvalue weighted by Crippen LogP contribution is 2.41. The highest BCUT2D eigenvalue weighted by atomic mass is 16.7. The van der Waals surface area contributed by atoms with Crippen LogP contribution in [0.5, 0.6) is 0 Å². The maximum Gasteiger partial charge on any atom is 0.206 e. The largest absolute Gasteiger partial charge is 0.394 e. The van der Waals surface area contributed by atoms with Gasteiger partial charge >= 0.3 is 0 Å². The predicted octanol–water partition coefficient (Wildman–Crippen LogP) is -6.50. The average molecular weight is 796 g/mol. The maximum absolute atomic E-state index is 11.8. The summed E-state index contributed by atoms with van der Waals surface area (Å²) < 4.78 is 46.9. The Morgan fingerprint density at radius 2 is 0.945 bits per heavy atom. The zero-order valence-corrected chi connectivity index (χ0v) is 30.1. The fourth-order valence-corrected chi connectivity index (χ4v) is 7.77. The van der Waals surface area contributed by atoms with E-state index in [1.54, 1.807) is 6.07 Å². The third-order valence-electron chi connectivity index (χ3n) is 10.7. The van der Waals surface area contributed by atoms with Crippen molar-refractivity contribution in [2.45, 2.75) is 173 Å². The molecular weight excluding hydrogens is 746 g/mol. The van der Waals surface area contributed by atoms with Crippen molar-refractivity contribution < 1.29 is 94.1 Å². The molecule has 23 heteroatoms. The zero-order valence-electron chi connectivity index (χ0n) is 30.1. The Balaban J connectivity index is 1.61. The number of nitroso groups, excluding NO2 is 1. The molecule has 22 unspecified atom stereocenters. The van der Waals surface area contributed by atoms with E-state index >= 15 is 0 Å². The first-order valence-electron chi connectivity index (χ1n) is 17.5. The van der Waals surface area contributed by atoms with Crippen LogP contribution in [0.25, 0.3) is 0 Å². The summed E-state index contributed by atoms with van der Waals surface area (Å²) in [5.41, 5.74) is -3.72. The molecule has 11 aliphatic heterocycles. The van der Waals surface area contributed by atoms with Gasteiger partial charge in [-0.25, -0.2) is 0 Å². The van der Waals surface area contributed by atoms with E-state index in [0.29, 0.717) is 0 Å². The minimum atomic E-state index is -2.10. The minimum Gasteiger partial charge on any atom is -0.394 e. The Morgan fingerprint density at radius 3 is 1.31 bits per heavy atom. The van der Waals surface area contributed by atoms with E-state index in [1.807, 2.05) is 0 Å². The lowest BCUT2D eigenvalue weighted by molar-refractivity contribution is -0.381. The molecule has 0 aliphatic carbocycles. The molecule has 8 bridgehead atoms. The van der Waals surface area contributed by atoms with Crippen LogP contribution < -0.4 is 0 Å². The van der Waals surface area contributed by atoms with Gasteiger partial charge in [-0.05, 0) is 32.9 Å².